The van der Waals surface area contributed by atoms with E-state index >= 15 is 0 Å². The summed E-state index contributed by atoms with van der Waals surface area (Å²) in [5.74, 6) is 2.00. The summed E-state index contributed by atoms with van der Waals surface area (Å²) in [5.41, 5.74) is 3.39. The molecule has 0 N–H and O–H groups in total. The van der Waals surface area contributed by atoms with Gasteiger partial charge >= 0.3 is 0 Å². The number of nitrogens with zero attached hydrogens (tertiary/aromatic N) is 4. The number of benzene rings is 2. The first-order valence-electron chi connectivity index (χ1n) is 10.2. The summed E-state index contributed by atoms with van der Waals surface area (Å²) in [6.45, 7) is 0. The van der Waals surface area contributed by atoms with Crippen molar-refractivity contribution in [2.45, 2.75) is 12.5 Å². The second-order valence-electron chi connectivity index (χ2n) is 7.50. The zero-order valence-electron chi connectivity index (χ0n) is 16.9. The van der Waals surface area contributed by atoms with Crippen molar-refractivity contribution < 1.29 is 8.83 Å². The molecule has 6 rings (SSSR count). The van der Waals surface area contributed by atoms with E-state index < -0.39 is 0 Å². The van der Waals surface area contributed by atoms with Crippen LogP contribution in [0.15, 0.2) is 99.3 Å². The Kier molecular flexibility index (Phi) is 4.51. The van der Waals surface area contributed by atoms with E-state index in [1.807, 2.05) is 77.8 Å². The maximum absolute atomic E-state index is 6.30. The van der Waals surface area contributed by atoms with Crippen molar-refractivity contribution in [2.24, 2.45) is 5.10 Å². The molecule has 0 saturated carbocycles. The summed E-state index contributed by atoms with van der Waals surface area (Å²) in [7, 11) is 0. The third kappa shape index (κ3) is 3.25. The molecule has 1 aliphatic rings. The zero-order valence-corrected chi connectivity index (χ0v) is 17.6. The number of halogens is 1. The lowest BCUT2D eigenvalue weighted by Gasteiger charge is -2.21. The van der Waals surface area contributed by atoms with Crippen LogP contribution in [0.2, 0.25) is 5.02 Å². The van der Waals surface area contributed by atoms with E-state index in [0.717, 1.165) is 39.4 Å². The van der Waals surface area contributed by atoms with Crippen molar-refractivity contribution in [1.29, 1.82) is 0 Å². The van der Waals surface area contributed by atoms with Crippen LogP contribution in [0.25, 0.3) is 22.2 Å². The van der Waals surface area contributed by atoms with Crippen molar-refractivity contribution in [3.05, 3.63) is 102 Å². The number of anilines is 1. The molecule has 0 aliphatic carbocycles. The van der Waals surface area contributed by atoms with Gasteiger partial charge in [-0.15, -0.1) is 0 Å². The van der Waals surface area contributed by atoms with Gasteiger partial charge in [-0.25, -0.2) is 15.0 Å². The average Bonchev–Trinajstić information content (AvgIpc) is 3.60. The number of hydrogen-bond donors (Lipinski definition) is 0. The third-order valence-corrected chi connectivity index (χ3v) is 5.72. The van der Waals surface area contributed by atoms with E-state index in [1.165, 1.54) is 0 Å². The Morgan fingerprint density at radius 3 is 2.50 bits per heavy atom. The van der Waals surface area contributed by atoms with Gasteiger partial charge in [0.25, 0.3) is 0 Å². The molecule has 0 saturated heterocycles. The highest BCUT2D eigenvalue weighted by Gasteiger charge is 2.35. The third-order valence-electron chi connectivity index (χ3n) is 5.49. The fourth-order valence-electron chi connectivity index (χ4n) is 4.00. The fourth-order valence-corrected chi connectivity index (χ4v) is 4.17. The smallest absolute Gasteiger partial charge is 0.248 e. The summed E-state index contributed by atoms with van der Waals surface area (Å²) >= 11 is 6.30. The lowest BCUT2D eigenvalue weighted by atomic mass is 10.1. The molecule has 156 valence electrons. The van der Waals surface area contributed by atoms with Gasteiger partial charge in [-0.05, 0) is 42.5 Å². The standard InChI is InChI=1S/C25H17ClN4O2/c26-17-10-11-19-18(14-17)24(16-6-2-1-3-7-16)28-25(27-19)30-21(23-9-5-13-32-23)15-20(29-30)22-8-4-12-31-22/h1-14,21H,15H2/t21-/m1/s1. The lowest BCUT2D eigenvalue weighted by molar-refractivity contribution is 0.462. The summed E-state index contributed by atoms with van der Waals surface area (Å²) in [6.07, 6.45) is 3.92. The van der Waals surface area contributed by atoms with Crippen LogP contribution < -0.4 is 5.01 Å². The van der Waals surface area contributed by atoms with Crippen LogP contribution >= 0.6 is 11.6 Å². The molecule has 0 bridgehead atoms. The molecule has 2 aromatic carbocycles. The number of hydrogen-bond acceptors (Lipinski definition) is 6. The van der Waals surface area contributed by atoms with Gasteiger partial charge in [-0.1, -0.05) is 41.9 Å². The molecule has 3 aromatic heterocycles. The van der Waals surface area contributed by atoms with Gasteiger partial charge in [0.05, 0.1) is 23.7 Å². The minimum absolute atomic E-state index is 0.182. The first kappa shape index (κ1) is 18.8. The fraction of sp³-hybridized carbons (Fsp3) is 0.0800. The molecule has 7 heteroatoms. The van der Waals surface area contributed by atoms with Crippen LogP contribution in [-0.4, -0.2) is 15.7 Å². The van der Waals surface area contributed by atoms with Crippen LogP contribution in [0.4, 0.5) is 5.95 Å². The minimum atomic E-state index is -0.182. The molecule has 0 unspecified atom stereocenters. The van der Waals surface area contributed by atoms with Crippen molar-refractivity contribution in [1.82, 2.24) is 9.97 Å². The Morgan fingerprint density at radius 2 is 1.72 bits per heavy atom. The van der Waals surface area contributed by atoms with Crippen molar-refractivity contribution in [2.75, 3.05) is 5.01 Å². The highest BCUT2D eigenvalue weighted by Crippen LogP contribution is 2.38. The van der Waals surface area contributed by atoms with Gasteiger partial charge < -0.3 is 8.83 Å². The van der Waals surface area contributed by atoms with E-state index in [2.05, 4.69) is 0 Å². The van der Waals surface area contributed by atoms with Crippen LogP contribution in [-0.2, 0) is 0 Å². The first-order chi connectivity index (χ1) is 15.8. The maximum atomic E-state index is 6.30. The SMILES string of the molecule is Clc1ccc2nc(N3N=C(c4ccco4)C[C@@H]3c3ccco3)nc(-c3ccccc3)c2c1. The Morgan fingerprint density at radius 1 is 0.875 bits per heavy atom. The summed E-state index contributed by atoms with van der Waals surface area (Å²) in [4.78, 5) is 9.78. The Balaban J connectivity index is 1.55. The van der Waals surface area contributed by atoms with Crippen molar-refractivity contribution in [3.8, 4) is 11.3 Å². The molecule has 0 radical (unpaired) electrons. The highest BCUT2D eigenvalue weighted by atomic mass is 35.5. The normalized spacial score (nSPS) is 16.0. The summed E-state index contributed by atoms with van der Waals surface area (Å²) in [6, 6.07) is 23.0. The molecule has 6 nitrogen and oxygen atoms in total. The lowest BCUT2D eigenvalue weighted by Crippen LogP contribution is -2.20. The molecule has 1 aliphatic heterocycles. The van der Waals surface area contributed by atoms with E-state index in [4.69, 9.17) is 35.5 Å². The van der Waals surface area contributed by atoms with Gasteiger partial charge in [0.2, 0.25) is 5.95 Å². The zero-order chi connectivity index (χ0) is 21.5. The minimum Gasteiger partial charge on any atom is -0.467 e. The van der Waals surface area contributed by atoms with Gasteiger partial charge in [-0.3, -0.25) is 0 Å². The van der Waals surface area contributed by atoms with E-state index in [0.29, 0.717) is 17.4 Å². The van der Waals surface area contributed by atoms with Crippen LogP contribution in [0.1, 0.15) is 24.0 Å². The number of fused-ring (bicyclic) bond motifs is 1. The quantitative estimate of drug-likeness (QED) is 0.319. The molecule has 0 amide bonds. The largest absolute Gasteiger partial charge is 0.467 e. The number of rotatable bonds is 4. The Bertz CT molecular complexity index is 1410. The monoisotopic (exact) mass is 440 g/mol. The topological polar surface area (TPSA) is 67.7 Å². The average molecular weight is 441 g/mol. The van der Waals surface area contributed by atoms with Gasteiger partial charge in [0, 0.05) is 22.4 Å². The molecule has 1 atom stereocenters. The van der Waals surface area contributed by atoms with Crippen LogP contribution in [0.5, 0.6) is 0 Å². The van der Waals surface area contributed by atoms with E-state index in [1.54, 1.807) is 12.5 Å². The molecule has 32 heavy (non-hydrogen) atoms. The number of hydrazone groups is 1. The number of aromatic nitrogens is 2. The second kappa shape index (κ2) is 7.66. The van der Waals surface area contributed by atoms with Crippen molar-refractivity contribution >= 4 is 34.2 Å². The molecule has 5 aromatic rings. The van der Waals surface area contributed by atoms with Gasteiger partial charge in [0.1, 0.15) is 23.3 Å². The van der Waals surface area contributed by atoms with E-state index in [-0.39, 0.29) is 6.04 Å². The molecule has 4 heterocycles. The molecule has 0 spiro atoms. The summed E-state index contributed by atoms with van der Waals surface area (Å²) in [5, 5.41) is 8.18. The van der Waals surface area contributed by atoms with E-state index in [9.17, 15) is 0 Å². The molecular formula is C25H17ClN4O2. The predicted molar refractivity (Wildman–Crippen MR) is 124 cm³/mol. The molecule has 0 fully saturated rings. The molecular weight excluding hydrogens is 424 g/mol. The number of furan rings is 2. The Labute approximate surface area is 188 Å². The van der Waals surface area contributed by atoms with Gasteiger partial charge in [0.15, 0.2) is 0 Å². The Hall–Kier alpha value is -3.90. The predicted octanol–water partition coefficient (Wildman–Crippen LogP) is 6.49. The van der Waals surface area contributed by atoms with Crippen molar-refractivity contribution in [3.63, 3.8) is 0 Å². The second-order valence-corrected chi connectivity index (χ2v) is 7.94. The maximum Gasteiger partial charge on any atom is 0.248 e. The highest BCUT2D eigenvalue weighted by molar-refractivity contribution is 6.31. The summed E-state index contributed by atoms with van der Waals surface area (Å²) < 4.78 is 11.3. The van der Waals surface area contributed by atoms with Gasteiger partial charge in [-0.2, -0.15) is 5.10 Å². The van der Waals surface area contributed by atoms with Crippen LogP contribution in [0, 0.1) is 0 Å². The first-order valence-corrected chi connectivity index (χ1v) is 10.6. The van der Waals surface area contributed by atoms with Crippen LogP contribution in [0.3, 0.4) is 0 Å².